The summed E-state index contributed by atoms with van der Waals surface area (Å²) in [6.07, 6.45) is 4.21. The lowest BCUT2D eigenvalue weighted by molar-refractivity contribution is -0.602. The van der Waals surface area contributed by atoms with Crippen molar-refractivity contribution in [3.8, 4) is 0 Å². The second kappa shape index (κ2) is 7.18. The molecule has 1 heterocycles. The molecule has 102 valence electrons. The molecule has 0 aliphatic rings. The highest BCUT2D eigenvalue weighted by atomic mass is 127. The lowest BCUT2D eigenvalue weighted by Gasteiger charge is -1.98. The Hall–Kier alpha value is -1.94. The summed E-state index contributed by atoms with van der Waals surface area (Å²) in [5.74, 6) is 0. The first kappa shape index (κ1) is 14.0. The van der Waals surface area contributed by atoms with E-state index in [2.05, 4.69) is 93.8 Å². The molecular weight excluding hydrogens is 369 g/mol. The molecule has 0 fully saturated rings. The highest BCUT2D eigenvalue weighted by Crippen LogP contribution is 2.08. The smallest absolute Gasteiger partial charge is 0.163 e. The van der Waals surface area contributed by atoms with Gasteiger partial charge in [0.05, 0.1) is 5.56 Å². The van der Waals surface area contributed by atoms with E-state index in [1.54, 1.807) is 0 Å². The first-order valence-corrected chi connectivity index (χ1v) is 9.16. The molecule has 3 aromatic rings. The summed E-state index contributed by atoms with van der Waals surface area (Å²) in [4.78, 5) is 0. The molecule has 0 spiro atoms. The van der Waals surface area contributed by atoms with Gasteiger partial charge in [-0.25, -0.2) is 0 Å². The maximum atomic E-state index is 2.39. The molecule has 0 saturated carbocycles. The normalized spacial score (nSPS) is 11.3. The Morgan fingerprint density at radius 2 is 1.29 bits per heavy atom. The fraction of sp³-hybridized carbons (Fsp3) is 0. The van der Waals surface area contributed by atoms with E-state index in [1.165, 1.54) is 14.8 Å². The van der Waals surface area contributed by atoms with Gasteiger partial charge in [-0.2, -0.15) is 4.57 Å². The van der Waals surface area contributed by atoms with E-state index in [0.29, 0.717) is 0 Å². The lowest BCUT2D eigenvalue weighted by atomic mass is 10.2. The van der Waals surface area contributed by atoms with E-state index in [9.17, 15) is 0 Å². The van der Waals surface area contributed by atoms with Crippen molar-refractivity contribution in [2.75, 3.05) is 0 Å². The Morgan fingerprint density at radius 1 is 0.714 bits per heavy atom. The van der Waals surface area contributed by atoms with Crippen molar-refractivity contribution < 1.29 is 25.8 Å². The van der Waals surface area contributed by atoms with Crippen LogP contribution in [-0.2, 0) is 0 Å². The molecule has 0 radical (unpaired) electrons. The summed E-state index contributed by atoms with van der Waals surface area (Å²) in [6, 6.07) is 27.5. The predicted octanol–water partition coefficient (Wildman–Crippen LogP) is 0.780. The minimum Gasteiger partial charge on any atom is -0.163 e. The SMILES string of the molecule is C(/[I+]c1ccccc1)=C(\c1ccccc1)[n+]1ccccc1. The van der Waals surface area contributed by atoms with Gasteiger partial charge in [0.15, 0.2) is 16.0 Å². The van der Waals surface area contributed by atoms with Crippen LogP contribution in [0, 0.1) is 3.57 Å². The number of halogens is 1. The van der Waals surface area contributed by atoms with Crippen LogP contribution >= 0.6 is 0 Å². The van der Waals surface area contributed by atoms with Crippen molar-refractivity contribution >= 4 is 5.70 Å². The number of hydrogen-bond acceptors (Lipinski definition) is 0. The molecule has 0 saturated heterocycles. The van der Waals surface area contributed by atoms with Gasteiger partial charge in [0.1, 0.15) is 0 Å². The molecule has 0 aliphatic heterocycles. The monoisotopic (exact) mass is 385 g/mol. The number of rotatable bonds is 4. The third-order valence-corrected chi connectivity index (χ3v) is 5.42. The number of pyridine rings is 1. The van der Waals surface area contributed by atoms with E-state index >= 15 is 0 Å². The highest BCUT2D eigenvalue weighted by molar-refractivity contribution is 5.56. The molecule has 0 unspecified atom stereocenters. The van der Waals surface area contributed by atoms with Crippen molar-refractivity contribution in [3.63, 3.8) is 0 Å². The van der Waals surface area contributed by atoms with Gasteiger partial charge in [0, 0.05) is 12.1 Å². The number of benzene rings is 2. The predicted molar refractivity (Wildman–Crippen MR) is 81.6 cm³/mol. The van der Waals surface area contributed by atoms with Crippen LogP contribution in [0.15, 0.2) is 95.3 Å². The van der Waals surface area contributed by atoms with Crippen molar-refractivity contribution in [3.05, 3.63) is 104 Å². The van der Waals surface area contributed by atoms with Crippen LogP contribution in [-0.4, -0.2) is 0 Å². The summed E-state index contributed by atoms with van der Waals surface area (Å²) >= 11 is -0.148. The molecule has 1 aromatic heterocycles. The van der Waals surface area contributed by atoms with Crippen LogP contribution in [0.1, 0.15) is 5.56 Å². The average Bonchev–Trinajstić information content (AvgIpc) is 2.58. The molecule has 2 heteroatoms. The van der Waals surface area contributed by atoms with Gasteiger partial charge < -0.3 is 0 Å². The van der Waals surface area contributed by atoms with Crippen LogP contribution in [0.25, 0.3) is 5.70 Å². The fourth-order valence-corrected chi connectivity index (χ4v) is 4.20. The second-order valence-corrected chi connectivity index (χ2v) is 7.04. The third kappa shape index (κ3) is 3.79. The third-order valence-electron chi connectivity index (χ3n) is 3.08. The summed E-state index contributed by atoms with van der Waals surface area (Å²) < 4.78 is 6.02. The van der Waals surface area contributed by atoms with Gasteiger partial charge in [-0.1, -0.05) is 42.5 Å². The Labute approximate surface area is 135 Å². The largest absolute Gasteiger partial charge is 0.356 e. The topological polar surface area (TPSA) is 3.88 Å². The first-order chi connectivity index (χ1) is 10.4. The van der Waals surface area contributed by atoms with Gasteiger partial charge in [-0.3, -0.25) is 0 Å². The Kier molecular flexibility index (Phi) is 4.79. The van der Waals surface area contributed by atoms with Gasteiger partial charge in [0.2, 0.25) is 4.08 Å². The summed E-state index contributed by atoms with van der Waals surface area (Å²) in [5.41, 5.74) is 2.51. The summed E-state index contributed by atoms with van der Waals surface area (Å²) in [5, 5.41) is 0. The van der Waals surface area contributed by atoms with Crippen LogP contribution in [0.2, 0.25) is 0 Å². The van der Waals surface area contributed by atoms with E-state index in [0.717, 1.165) is 0 Å². The quantitative estimate of drug-likeness (QED) is 0.462. The number of nitrogens with zero attached hydrogens (tertiary/aromatic N) is 1. The fourth-order valence-electron chi connectivity index (χ4n) is 2.04. The van der Waals surface area contributed by atoms with Crippen LogP contribution in [0.5, 0.6) is 0 Å². The molecule has 0 N–H and O–H groups in total. The molecule has 0 atom stereocenters. The van der Waals surface area contributed by atoms with Gasteiger partial charge in [-0.05, 0) is 24.3 Å². The Morgan fingerprint density at radius 3 is 1.95 bits per heavy atom. The second-order valence-electron chi connectivity index (χ2n) is 4.55. The maximum Gasteiger partial charge on any atom is 0.356 e. The zero-order valence-electron chi connectivity index (χ0n) is 11.6. The van der Waals surface area contributed by atoms with Crippen molar-refractivity contribution in [2.24, 2.45) is 0 Å². The van der Waals surface area contributed by atoms with Gasteiger partial charge >= 0.3 is 21.2 Å². The van der Waals surface area contributed by atoms with E-state index in [4.69, 9.17) is 0 Å². The maximum absolute atomic E-state index is 2.39. The van der Waals surface area contributed by atoms with Crippen molar-refractivity contribution in [1.82, 2.24) is 0 Å². The molecule has 21 heavy (non-hydrogen) atoms. The number of aromatic nitrogens is 1. The zero-order valence-corrected chi connectivity index (χ0v) is 13.7. The van der Waals surface area contributed by atoms with E-state index in [1.807, 2.05) is 6.07 Å². The van der Waals surface area contributed by atoms with Crippen LogP contribution < -0.4 is 25.8 Å². The van der Waals surface area contributed by atoms with Gasteiger partial charge in [0.25, 0.3) is 5.70 Å². The zero-order chi connectivity index (χ0) is 14.3. The molecular formula is C19H16IN+2. The molecule has 0 bridgehead atoms. The first-order valence-electron chi connectivity index (χ1n) is 6.84. The van der Waals surface area contributed by atoms with Crippen LogP contribution in [0.4, 0.5) is 0 Å². The molecule has 2 aromatic carbocycles. The van der Waals surface area contributed by atoms with Crippen molar-refractivity contribution in [2.45, 2.75) is 0 Å². The average molecular weight is 385 g/mol. The highest BCUT2D eigenvalue weighted by Gasteiger charge is 2.19. The minimum atomic E-state index is -0.148. The van der Waals surface area contributed by atoms with Crippen LogP contribution in [0.3, 0.4) is 0 Å². The molecule has 1 nitrogen and oxygen atoms in total. The molecule has 0 aliphatic carbocycles. The van der Waals surface area contributed by atoms with E-state index < -0.39 is 0 Å². The van der Waals surface area contributed by atoms with Gasteiger partial charge in [-0.15, -0.1) is 0 Å². The number of hydrogen-bond donors (Lipinski definition) is 0. The summed E-state index contributed by atoms with van der Waals surface area (Å²) in [6.45, 7) is 0. The Bertz CT molecular complexity index is 665. The molecule has 3 rings (SSSR count). The lowest BCUT2D eigenvalue weighted by Crippen LogP contribution is -3.59. The van der Waals surface area contributed by atoms with E-state index in [-0.39, 0.29) is 21.2 Å². The summed E-state index contributed by atoms with van der Waals surface area (Å²) in [7, 11) is 0. The standard InChI is InChI=1S/C19H16IN/c1-4-10-17(11-5-1)19(21-14-8-3-9-15-21)16-20-18-12-6-2-7-13-18/h1-16H/q+2/b19-16-. The van der Waals surface area contributed by atoms with Crippen molar-refractivity contribution in [1.29, 1.82) is 0 Å². The Balaban J connectivity index is 1.97. The minimum absolute atomic E-state index is 0.148. The molecule has 0 amide bonds.